The quantitative estimate of drug-likeness (QED) is 0.798. The molecule has 0 unspecified atom stereocenters. The van der Waals surface area contributed by atoms with Gasteiger partial charge in [0.25, 0.3) is 0 Å². The van der Waals surface area contributed by atoms with Crippen LogP contribution >= 0.6 is 0 Å². The monoisotopic (exact) mass is 236 g/mol. The third kappa shape index (κ3) is 3.29. The highest BCUT2D eigenvalue weighted by Gasteiger charge is 2.16. The van der Waals surface area contributed by atoms with Gasteiger partial charge in [0.1, 0.15) is 5.75 Å². The van der Waals surface area contributed by atoms with Crippen molar-refractivity contribution in [1.29, 1.82) is 0 Å². The van der Waals surface area contributed by atoms with E-state index in [1.807, 2.05) is 12.1 Å². The SMILES string of the molecule is COc1cccc(N(CC(C)C)C(C)C)c1N. The molecular weight excluding hydrogens is 212 g/mol. The molecule has 0 radical (unpaired) electrons. The van der Waals surface area contributed by atoms with E-state index in [2.05, 4.69) is 38.7 Å². The number of methoxy groups -OCH3 is 1. The smallest absolute Gasteiger partial charge is 0.143 e. The van der Waals surface area contributed by atoms with Crippen LogP contribution in [0.5, 0.6) is 5.75 Å². The van der Waals surface area contributed by atoms with Crippen molar-refractivity contribution in [3.05, 3.63) is 18.2 Å². The molecule has 0 bridgehead atoms. The number of ether oxygens (including phenoxy) is 1. The van der Waals surface area contributed by atoms with E-state index in [1.165, 1.54) is 0 Å². The fourth-order valence-corrected chi connectivity index (χ4v) is 1.94. The van der Waals surface area contributed by atoms with Crippen molar-refractivity contribution in [2.75, 3.05) is 24.3 Å². The lowest BCUT2D eigenvalue weighted by Gasteiger charge is -2.32. The summed E-state index contributed by atoms with van der Waals surface area (Å²) >= 11 is 0. The molecule has 96 valence electrons. The second-order valence-corrected chi connectivity index (χ2v) is 5.03. The topological polar surface area (TPSA) is 38.5 Å². The van der Waals surface area contributed by atoms with Crippen molar-refractivity contribution >= 4 is 11.4 Å². The maximum atomic E-state index is 6.14. The van der Waals surface area contributed by atoms with Gasteiger partial charge in [0.2, 0.25) is 0 Å². The minimum Gasteiger partial charge on any atom is -0.495 e. The molecule has 0 amide bonds. The van der Waals surface area contributed by atoms with Gasteiger partial charge in [0.05, 0.1) is 18.5 Å². The minimum atomic E-state index is 0.423. The van der Waals surface area contributed by atoms with E-state index < -0.39 is 0 Å². The molecule has 1 aromatic rings. The molecule has 0 aliphatic heterocycles. The van der Waals surface area contributed by atoms with Crippen LogP contribution in [0.2, 0.25) is 0 Å². The number of para-hydroxylation sites is 1. The average molecular weight is 236 g/mol. The third-order valence-corrected chi connectivity index (χ3v) is 2.76. The second-order valence-electron chi connectivity index (χ2n) is 5.03. The van der Waals surface area contributed by atoms with Crippen LogP contribution in [0.25, 0.3) is 0 Å². The molecule has 0 saturated heterocycles. The van der Waals surface area contributed by atoms with Gasteiger partial charge in [-0.25, -0.2) is 0 Å². The molecule has 17 heavy (non-hydrogen) atoms. The van der Waals surface area contributed by atoms with Crippen molar-refractivity contribution in [1.82, 2.24) is 0 Å². The standard InChI is InChI=1S/C14H24N2O/c1-10(2)9-16(11(3)4)12-7-6-8-13(17-5)14(12)15/h6-8,10-11H,9,15H2,1-5H3. The Morgan fingerprint density at radius 2 is 1.88 bits per heavy atom. The van der Waals surface area contributed by atoms with E-state index >= 15 is 0 Å². The second kappa shape index (κ2) is 5.80. The summed E-state index contributed by atoms with van der Waals surface area (Å²) in [6, 6.07) is 6.36. The summed E-state index contributed by atoms with van der Waals surface area (Å²) in [7, 11) is 1.65. The first kappa shape index (κ1) is 13.7. The molecule has 1 aromatic carbocycles. The summed E-state index contributed by atoms with van der Waals surface area (Å²) in [4.78, 5) is 2.32. The van der Waals surface area contributed by atoms with Crippen molar-refractivity contribution in [2.24, 2.45) is 5.92 Å². The van der Waals surface area contributed by atoms with Crippen molar-refractivity contribution in [3.63, 3.8) is 0 Å². The van der Waals surface area contributed by atoms with Crippen LogP contribution in [0.4, 0.5) is 11.4 Å². The van der Waals surface area contributed by atoms with E-state index in [4.69, 9.17) is 10.5 Å². The minimum absolute atomic E-state index is 0.423. The lowest BCUT2D eigenvalue weighted by atomic mass is 10.1. The number of rotatable bonds is 5. The molecule has 0 aliphatic carbocycles. The largest absolute Gasteiger partial charge is 0.495 e. The summed E-state index contributed by atoms with van der Waals surface area (Å²) in [5, 5.41) is 0. The summed E-state index contributed by atoms with van der Waals surface area (Å²) in [6.45, 7) is 9.79. The molecule has 1 rings (SSSR count). The zero-order chi connectivity index (χ0) is 13.0. The van der Waals surface area contributed by atoms with Gasteiger partial charge in [-0.15, -0.1) is 0 Å². The van der Waals surface area contributed by atoms with Crippen LogP contribution in [-0.4, -0.2) is 19.7 Å². The van der Waals surface area contributed by atoms with Gasteiger partial charge in [-0.1, -0.05) is 19.9 Å². The fourth-order valence-electron chi connectivity index (χ4n) is 1.94. The molecule has 0 spiro atoms. The van der Waals surface area contributed by atoms with Crippen LogP contribution in [0.1, 0.15) is 27.7 Å². The lowest BCUT2D eigenvalue weighted by molar-refractivity contribution is 0.416. The normalized spacial score (nSPS) is 11.0. The van der Waals surface area contributed by atoms with Crippen LogP contribution < -0.4 is 15.4 Å². The molecule has 0 heterocycles. The van der Waals surface area contributed by atoms with Crippen molar-refractivity contribution < 1.29 is 4.74 Å². The number of anilines is 2. The summed E-state index contributed by atoms with van der Waals surface area (Å²) in [5.74, 6) is 1.35. The van der Waals surface area contributed by atoms with Crippen LogP contribution in [0.15, 0.2) is 18.2 Å². The highest BCUT2D eigenvalue weighted by atomic mass is 16.5. The predicted octanol–water partition coefficient (Wildman–Crippen LogP) is 3.15. The Kier molecular flexibility index (Phi) is 4.67. The Balaban J connectivity index is 3.09. The molecule has 0 saturated carbocycles. The van der Waals surface area contributed by atoms with E-state index in [9.17, 15) is 0 Å². The van der Waals surface area contributed by atoms with Crippen LogP contribution in [0, 0.1) is 5.92 Å². The predicted molar refractivity (Wildman–Crippen MR) is 74.7 cm³/mol. The Bertz CT molecular complexity index is 361. The van der Waals surface area contributed by atoms with E-state index in [-0.39, 0.29) is 0 Å². The molecule has 0 aromatic heterocycles. The Morgan fingerprint density at radius 1 is 1.24 bits per heavy atom. The first-order chi connectivity index (χ1) is 7.97. The van der Waals surface area contributed by atoms with Gasteiger partial charge >= 0.3 is 0 Å². The van der Waals surface area contributed by atoms with Gasteiger partial charge in [-0.3, -0.25) is 0 Å². The molecule has 0 fully saturated rings. The first-order valence-electron chi connectivity index (χ1n) is 6.16. The summed E-state index contributed by atoms with van der Waals surface area (Å²) in [6.07, 6.45) is 0. The molecule has 2 N–H and O–H groups in total. The zero-order valence-corrected chi connectivity index (χ0v) is 11.5. The summed E-state index contributed by atoms with van der Waals surface area (Å²) < 4.78 is 5.27. The Morgan fingerprint density at radius 3 is 2.35 bits per heavy atom. The third-order valence-electron chi connectivity index (χ3n) is 2.76. The molecule has 0 aliphatic rings. The van der Waals surface area contributed by atoms with Gasteiger partial charge < -0.3 is 15.4 Å². The number of nitrogen functional groups attached to an aromatic ring is 1. The first-order valence-corrected chi connectivity index (χ1v) is 6.16. The Hall–Kier alpha value is -1.38. The summed E-state index contributed by atoms with van der Waals surface area (Å²) in [5.41, 5.74) is 7.93. The molecule has 3 nitrogen and oxygen atoms in total. The molecule has 0 atom stereocenters. The fraction of sp³-hybridized carbons (Fsp3) is 0.571. The van der Waals surface area contributed by atoms with Crippen molar-refractivity contribution in [2.45, 2.75) is 33.7 Å². The van der Waals surface area contributed by atoms with E-state index in [0.717, 1.165) is 23.7 Å². The number of nitrogens with zero attached hydrogens (tertiary/aromatic N) is 1. The zero-order valence-electron chi connectivity index (χ0n) is 11.5. The van der Waals surface area contributed by atoms with Crippen LogP contribution in [0.3, 0.4) is 0 Å². The molecule has 3 heteroatoms. The number of hydrogen-bond acceptors (Lipinski definition) is 3. The van der Waals surface area contributed by atoms with E-state index in [0.29, 0.717) is 12.0 Å². The maximum Gasteiger partial charge on any atom is 0.143 e. The van der Waals surface area contributed by atoms with Gasteiger partial charge in [-0.2, -0.15) is 0 Å². The number of hydrogen-bond donors (Lipinski definition) is 1. The Labute approximate surface area is 105 Å². The average Bonchev–Trinajstić information content (AvgIpc) is 2.26. The number of benzene rings is 1. The highest BCUT2D eigenvalue weighted by molar-refractivity contribution is 5.74. The lowest BCUT2D eigenvalue weighted by Crippen LogP contribution is -2.34. The van der Waals surface area contributed by atoms with E-state index in [1.54, 1.807) is 7.11 Å². The van der Waals surface area contributed by atoms with Gasteiger partial charge in [-0.05, 0) is 31.9 Å². The van der Waals surface area contributed by atoms with Gasteiger partial charge in [0.15, 0.2) is 0 Å². The van der Waals surface area contributed by atoms with Crippen molar-refractivity contribution in [3.8, 4) is 5.75 Å². The number of nitrogens with two attached hydrogens (primary N) is 1. The van der Waals surface area contributed by atoms with Crippen LogP contribution in [-0.2, 0) is 0 Å². The molecular formula is C14H24N2O. The maximum absolute atomic E-state index is 6.14. The highest BCUT2D eigenvalue weighted by Crippen LogP contribution is 2.33. The van der Waals surface area contributed by atoms with Gasteiger partial charge in [0, 0.05) is 12.6 Å².